The van der Waals surface area contributed by atoms with E-state index in [1.54, 1.807) is 7.11 Å². The third kappa shape index (κ3) is 2.44. The first-order chi connectivity index (χ1) is 5.73. The molecule has 1 rings (SSSR count). The van der Waals surface area contributed by atoms with E-state index in [-0.39, 0.29) is 5.54 Å². The van der Waals surface area contributed by atoms with Gasteiger partial charge < -0.3 is 15.8 Å². The number of hydrogen-bond acceptors (Lipinski definition) is 3. The van der Waals surface area contributed by atoms with Gasteiger partial charge in [0.1, 0.15) is 0 Å². The SMILES string of the molecule is COCCNC(C)(CN)C1CC1. The van der Waals surface area contributed by atoms with Crippen molar-refractivity contribution < 1.29 is 4.74 Å². The van der Waals surface area contributed by atoms with E-state index in [0.29, 0.717) is 0 Å². The van der Waals surface area contributed by atoms with Crippen molar-refractivity contribution in [2.75, 3.05) is 26.8 Å². The fraction of sp³-hybridized carbons (Fsp3) is 1.00. The maximum absolute atomic E-state index is 5.73. The molecule has 0 heterocycles. The summed E-state index contributed by atoms with van der Waals surface area (Å²) >= 11 is 0. The number of rotatable bonds is 6. The van der Waals surface area contributed by atoms with E-state index < -0.39 is 0 Å². The van der Waals surface area contributed by atoms with Gasteiger partial charge in [-0.05, 0) is 25.7 Å². The standard InChI is InChI=1S/C9H20N2O/c1-9(7-10,8-3-4-8)11-5-6-12-2/h8,11H,3-7,10H2,1-2H3. The summed E-state index contributed by atoms with van der Waals surface area (Å²) in [4.78, 5) is 0. The lowest BCUT2D eigenvalue weighted by Gasteiger charge is -2.29. The summed E-state index contributed by atoms with van der Waals surface area (Å²) in [7, 11) is 1.72. The van der Waals surface area contributed by atoms with Crippen LogP contribution in [-0.2, 0) is 4.74 Å². The molecular weight excluding hydrogens is 152 g/mol. The Kier molecular flexibility index (Phi) is 3.50. The minimum absolute atomic E-state index is 0.151. The molecule has 0 radical (unpaired) electrons. The first-order valence-electron chi connectivity index (χ1n) is 4.67. The Morgan fingerprint density at radius 1 is 1.58 bits per heavy atom. The van der Waals surface area contributed by atoms with Gasteiger partial charge in [-0.25, -0.2) is 0 Å². The molecule has 0 aromatic rings. The Bertz CT molecular complexity index is 136. The van der Waals surface area contributed by atoms with Crippen LogP contribution in [-0.4, -0.2) is 32.3 Å². The average molecular weight is 172 g/mol. The van der Waals surface area contributed by atoms with Crippen LogP contribution in [0, 0.1) is 5.92 Å². The lowest BCUT2D eigenvalue weighted by molar-refractivity contribution is 0.182. The molecule has 0 amide bonds. The second-order valence-corrected chi connectivity index (χ2v) is 3.82. The van der Waals surface area contributed by atoms with Crippen molar-refractivity contribution in [3.05, 3.63) is 0 Å². The van der Waals surface area contributed by atoms with E-state index >= 15 is 0 Å². The van der Waals surface area contributed by atoms with E-state index in [1.165, 1.54) is 12.8 Å². The minimum Gasteiger partial charge on any atom is -0.383 e. The van der Waals surface area contributed by atoms with Crippen LogP contribution in [0.5, 0.6) is 0 Å². The molecule has 0 spiro atoms. The van der Waals surface area contributed by atoms with Crippen molar-refractivity contribution in [3.8, 4) is 0 Å². The molecule has 1 aliphatic carbocycles. The van der Waals surface area contributed by atoms with Crippen LogP contribution in [0.4, 0.5) is 0 Å². The molecule has 3 nitrogen and oxygen atoms in total. The highest BCUT2D eigenvalue weighted by Gasteiger charge is 2.39. The monoisotopic (exact) mass is 172 g/mol. The van der Waals surface area contributed by atoms with Crippen LogP contribution in [0.1, 0.15) is 19.8 Å². The second-order valence-electron chi connectivity index (χ2n) is 3.82. The van der Waals surface area contributed by atoms with Crippen molar-refractivity contribution in [2.24, 2.45) is 11.7 Å². The molecule has 0 aromatic carbocycles. The van der Waals surface area contributed by atoms with Crippen LogP contribution in [0.3, 0.4) is 0 Å². The predicted molar refractivity (Wildman–Crippen MR) is 50.1 cm³/mol. The van der Waals surface area contributed by atoms with Crippen LogP contribution >= 0.6 is 0 Å². The van der Waals surface area contributed by atoms with E-state index in [9.17, 15) is 0 Å². The largest absolute Gasteiger partial charge is 0.383 e. The Morgan fingerprint density at radius 2 is 2.25 bits per heavy atom. The first kappa shape index (κ1) is 9.96. The van der Waals surface area contributed by atoms with Gasteiger partial charge in [0, 0.05) is 25.7 Å². The highest BCUT2D eigenvalue weighted by atomic mass is 16.5. The zero-order valence-corrected chi connectivity index (χ0v) is 8.10. The van der Waals surface area contributed by atoms with Gasteiger partial charge in [-0.15, -0.1) is 0 Å². The fourth-order valence-electron chi connectivity index (χ4n) is 1.54. The Morgan fingerprint density at radius 3 is 2.67 bits per heavy atom. The smallest absolute Gasteiger partial charge is 0.0587 e. The third-order valence-electron chi connectivity index (χ3n) is 2.74. The van der Waals surface area contributed by atoms with Gasteiger partial charge in [0.2, 0.25) is 0 Å². The first-order valence-corrected chi connectivity index (χ1v) is 4.67. The van der Waals surface area contributed by atoms with Crippen molar-refractivity contribution in [3.63, 3.8) is 0 Å². The summed E-state index contributed by atoms with van der Waals surface area (Å²) in [6.45, 7) is 4.60. The van der Waals surface area contributed by atoms with Crippen molar-refractivity contribution in [1.29, 1.82) is 0 Å². The lowest BCUT2D eigenvalue weighted by atomic mass is 9.96. The van der Waals surface area contributed by atoms with E-state index in [0.717, 1.165) is 25.6 Å². The summed E-state index contributed by atoms with van der Waals surface area (Å²) in [6, 6.07) is 0. The molecular formula is C9H20N2O. The number of nitrogens with one attached hydrogen (secondary N) is 1. The normalized spacial score (nSPS) is 22.2. The average Bonchev–Trinajstić information content (AvgIpc) is 2.87. The fourth-order valence-corrected chi connectivity index (χ4v) is 1.54. The third-order valence-corrected chi connectivity index (χ3v) is 2.74. The Labute approximate surface area is 74.7 Å². The zero-order valence-electron chi connectivity index (χ0n) is 8.10. The van der Waals surface area contributed by atoms with Gasteiger partial charge in [-0.1, -0.05) is 0 Å². The molecule has 1 atom stereocenters. The summed E-state index contributed by atoms with van der Waals surface area (Å²) < 4.78 is 4.98. The second kappa shape index (κ2) is 4.21. The highest BCUT2D eigenvalue weighted by molar-refractivity contribution is 4.98. The quantitative estimate of drug-likeness (QED) is 0.568. The van der Waals surface area contributed by atoms with E-state index in [1.807, 2.05) is 0 Å². The molecule has 0 bridgehead atoms. The molecule has 0 aliphatic heterocycles. The topological polar surface area (TPSA) is 47.3 Å². The van der Waals surface area contributed by atoms with Crippen molar-refractivity contribution in [1.82, 2.24) is 5.32 Å². The summed E-state index contributed by atoms with van der Waals surface area (Å²) in [5, 5.41) is 3.46. The number of hydrogen-bond donors (Lipinski definition) is 2. The molecule has 1 aliphatic rings. The molecule has 1 fully saturated rings. The van der Waals surface area contributed by atoms with Crippen LogP contribution in [0.25, 0.3) is 0 Å². The number of ether oxygens (including phenoxy) is 1. The number of nitrogens with two attached hydrogens (primary N) is 1. The van der Waals surface area contributed by atoms with Crippen molar-refractivity contribution >= 4 is 0 Å². The van der Waals surface area contributed by atoms with E-state index in [2.05, 4.69) is 12.2 Å². The molecule has 72 valence electrons. The van der Waals surface area contributed by atoms with E-state index in [4.69, 9.17) is 10.5 Å². The van der Waals surface area contributed by atoms with Crippen molar-refractivity contribution in [2.45, 2.75) is 25.3 Å². The molecule has 0 aromatic heterocycles. The van der Waals surface area contributed by atoms with Gasteiger partial charge in [0.25, 0.3) is 0 Å². The van der Waals surface area contributed by atoms with Gasteiger partial charge in [0.05, 0.1) is 6.61 Å². The molecule has 12 heavy (non-hydrogen) atoms. The molecule has 1 saturated carbocycles. The van der Waals surface area contributed by atoms with Gasteiger partial charge in [-0.2, -0.15) is 0 Å². The summed E-state index contributed by atoms with van der Waals surface area (Å²) in [5.74, 6) is 0.791. The summed E-state index contributed by atoms with van der Waals surface area (Å²) in [5.41, 5.74) is 5.88. The maximum Gasteiger partial charge on any atom is 0.0587 e. The molecule has 3 heteroatoms. The molecule has 0 saturated heterocycles. The summed E-state index contributed by atoms with van der Waals surface area (Å²) in [6.07, 6.45) is 2.65. The highest BCUT2D eigenvalue weighted by Crippen LogP contribution is 2.38. The predicted octanol–water partition coefficient (Wildman–Crippen LogP) is 0.350. The lowest BCUT2D eigenvalue weighted by Crippen LogP contribution is -2.51. The van der Waals surface area contributed by atoms with Gasteiger partial charge in [-0.3, -0.25) is 0 Å². The van der Waals surface area contributed by atoms with Crippen LogP contribution < -0.4 is 11.1 Å². The maximum atomic E-state index is 5.73. The molecule has 1 unspecified atom stereocenters. The van der Waals surface area contributed by atoms with Crippen LogP contribution in [0.2, 0.25) is 0 Å². The Hall–Kier alpha value is -0.120. The van der Waals surface area contributed by atoms with Gasteiger partial charge in [0.15, 0.2) is 0 Å². The molecule has 3 N–H and O–H groups in total. The van der Waals surface area contributed by atoms with Gasteiger partial charge >= 0.3 is 0 Å². The minimum atomic E-state index is 0.151. The number of methoxy groups -OCH3 is 1. The Balaban J connectivity index is 2.23. The van der Waals surface area contributed by atoms with Crippen LogP contribution in [0.15, 0.2) is 0 Å². The zero-order chi connectivity index (χ0) is 9.03.